The second-order valence-corrected chi connectivity index (χ2v) is 8.66. The van der Waals surface area contributed by atoms with Crippen LogP contribution in [0, 0.1) is 0 Å². The van der Waals surface area contributed by atoms with Crippen molar-refractivity contribution in [1.82, 2.24) is 0 Å². The molecule has 1 N–H and O–H groups in total. The predicted octanol–water partition coefficient (Wildman–Crippen LogP) is 3.29. The second-order valence-electron chi connectivity index (χ2n) is 4.29. The summed E-state index contributed by atoms with van der Waals surface area (Å²) < 4.78 is 27.8. The van der Waals surface area contributed by atoms with Gasteiger partial charge in [-0.2, -0.15) is 0 Å². The summed E-state index contributed by atoms with van der Waals surface area (Å²) in [6.45, 7) is 1.46. The fourth-order valence-corrected chi connectivity index (χ4v) is 4.65. The lowest BCUT2D eigenvalue weighted by Gasteiger charge is -2.15. The molecule has 0 fully saturated rings. The molecule has 2 aromatic rings. The highest BCUT2D eigenvalue weighted by Gasteiger charge is 2.16. The van der Waals surface area contributed by atoms with Gasteiger partial charge in [0.2, 0.25) is 5.91 Å². The normalized spacial score (nSPS) is 11.2. The lowest BCUT2D eigenvalue weighted by molar-refractivity contribution is -0.116. The maximum atomic E-state index is 12.2. The molecule has 1 aromatic heterocycles. The SMILES string of the molecule is CC(=O)N(C)c1ccc(NS(=O)(=O)c2ccc(Br)s2)cc1. The van der Waals surface area contributed by atoms with Gasteiger partial charge < -0.3 is 4.90 Å². The number of amides is 1. The van der Waals surface area contributed by atoms with Crippen LogP contribution in [-0.4, -0.2) is 21.4 Å². The molecule has 0 radical (unpaired) electrons. The molecule has 0 bridgehead atoms. The summed E-state index contributed by atoms with van der Waals surface area (Å²) in [5.41, 5.74) is 1.14. The average Bonchev–Trinajstić information content (AvgIpc) is 2.86. The fourth-order valence-electron chi connectivity index (χ4n) is 1.58. The lowest BCUT2D eigenvalue weighted by Crippen LogP contribution is -2.22. The van der Waals surface area contributed by atoms with E-state index < -0.39 is 10.0 Å². The number of hydrogen-bond donors (Lipinski definition) is 1. The van der Waals surface area contributed by atoms with Crippen molar-refractivity contribution in [3.63, 3.8) is 0 Å². The minimum absolute atomic E-state index is 0.0910. The molecule has 0 unspecified atom stereocenters. The molecule has 21 heavy (non-hydrogen) atoms. The highest BCUT2D eigenvalue weighted by Crippen LogP contribution is 2.28. The van der Waals surface area contributed by atoms with E-state index in [4.69, 9.17) is 0 Å². The Balaban J connectivity index is 2.19. The van der Waals surface area contributed by atoms with E-state index in [0.29, 0.717) is 11.4 Å². The molecular formula is C13H13BrN2O3S2. The van der Waals surface area contributed by atoms with Gasteiger partial charge in [0.15, 0.2) is 0 Å². The zero-order chi connectivity index (χ0) is 15.6. The molecule has 1 heterocycles. The lowest BCUT2D eigenvalue weighted by atomic mass is 10.2. The largest absolute Gasteiger partial charge is 0.316 e. The first-order chi connectivity index (χ1) is 9.79. The summed E-state index contributed by atoms with van der Waals surface area (Å²) >= 11 is 4.38. The Morgan fingerprint density at radius 3 is 2.29 bits per heavy atom. The number of nitrogens with one attached hydrogen (secondary N) is 1. The van der Waals surface area contributed by atoms with Crippen molar-refractivity contribution in [1.29, 1.82) is 0 Å². The highest BCUT2D eigenvalue weighted by molar-refractivity contribution is 9.11. The molecule has 0 aliphatic carbocycles. The zero-order valence-corrected chi connectivity index (χ0v) is 14.5. The van der Waals surface area contributed by atoms with Crippen LogP contribution in [0.15, 0.2) is 44.4 Å². The number of hydrogen-bond acceptors (Lipinski definition) is 4. The van der Waals surface area contributed by atoms with Crippen molar-refractivity contribution in [3.05, 3.63) is 40.2 Å². The van der Waals surface area contributed by atoms with E-state index in [2.05, 4.69) is 20.7 Å². The van der Waals surface area contributed by atoms with Crippen molar-refractivity contribution < 1.29 is 13.2 Å². The number of nitrogens with zero attached hydrogens (tertiary/aromatic N) is 1. The quantitative estimate of drug-likeness (QED) is 0.873. The molecule has 0 spiro atoms. The average molecular weight is 389 g/mol. The van der Waals surface area contributed by atoms with Crippen LogP contribution in [0.1, 0.15) is 6.92 Å². The van der Waals surface area contributed by atoms with Crippen molar-refractivity contribution in [2.24, 2.45) is 0 Å². The van der Waals surface area contributed by atoms with Crippen molar-refractivity contribution in [3.8, 4) is 0 Å². The molecule has 5 nitrogen and oxygen atoms in total. The summed E-state index contributed by atoms with van der Waals surface area (Å²) in [6.07, 6.45) is 0. The van der Waals surface area contributed by atoms with Gasteiger partial charge in [0.05, 0.1) is 3.79 Å². The van der Waals surface area contributed by atoms with Crippen LogP contribution in [0.25, 0.3) is 0 Å². The van der Waals surface area contributed by atoms with Gasteiger partial charge >= 0.3 is 0 Å². The predicted molar refractivity (Wildman–Crippen MR) is 88.4 cm³/mol. The maximum Gasteiger partial charge on any atom is 0.271 e. The molecule has 0 aliphatic heterocycles. The zero-order valence-electron chi connectivity index (χ0n) is 11.3. The number of rotatable bonds is 4. The van der Waals surface area contributed by atoms with Crippen molar-refractivity contribution in [2.45, 2.75) is 11.1 Å². The number of benzene rings is 1. The number of halogens is 1. The summed E-state index contributed by atoms with van der Waals surface area (Å²) in [5.74, 6) is -0.0910. The Labute approximate surface area is 135 Å². The van der Waals surface area contributed by atoms with Crippen LogP contribution in [-0.2, 0) is 14.8 Å². The molecule has 112 valence electrons. The first-order valence-electron chi connectivity index (χ1n) is 5.92. The first-order valence-corrected chi connectivity index (χ1v) is 9.01. The van der Waals surface area contributed by atoms with E-state index in [9.17, 15) is 13.2 Å². The monoisotopic (exact) mass is 388 g/mol. The minimum atomic E-state index is -3.58. The van der Waals surface area contributed by atoms with E-state index in [1.54, 1.807) is 37.4 Å². The Morgan fingerprint density at radius 2 is 1.81 bits per heavy atom. The Bertz CT molecular complexity index is 754. The maximum absolute atomic E-state index is 12.2. The van der Waals surface area contributed by atoms with E-state index in [1.807, 2.05) is 0 Å². The van der Waals surface area contributed by atoms with Crippen LogP contribution >= 0.6 is 27.3 Å². The third-order valence-corrected chi connectivity index (χ3v) is 6.29. The Morgan fingerprint density at radius 1 is 1.19 bits per heavy atom. The number of sulfonamides is 1. The minimum Gasteiger partial charge on any atom is -0.316 e. The fraction of sp³-hybridized carbons (Fsp3) is 0.154. The van der Waals surface area contributed by atoms with E-state index in [-0.39, 0.29) is 10.1 Å². The topological polar surface area (TPSA) is 66.5 Å². The van der Waals surface area contributed by atoms with Gasteiger partial charge in [-0.1, -0.05) is 0 Å². The third kappa shape index (κ3) is 3.84. The molecule has 2 rings (SSSR count). The first kappa shape index (κ1) is 16.0. The van der Waals surface area contributed by atoms with Crippen LogP contribution in [0.5, 0.6) is 0 Å². The van der Waals surface area contributed by atoms with E-state index >= 15 is 0 Å². The van der Waals surface area contributed by atoms with E-state index in [1.165, 1.54) is 17.9 Å². The number of carbonyl (C=O) groups is 1. The van der Waals surface area contributed by atoms with Gasteiger partial charge in [0, 0.05) is 25.3 Å². The molecule has 0 aliphatic rings. The summed E-state index contributed by atoms with van der Waals surface area (Å²) in [5, 5.41) is 0. The van der Waals surface area contributed by atoms with Crippen LogP contribution in [0.3, 0.4) is 0 Å². The van der Waals surface area contributed by atoms with Gasteiger partial charge in [-0.25, -0.2) is 8.42 Å². The highest BCUT2D eigenvalue weighted by atomic mass is 79.9. The third-order valence-electron chi connectivity index (χ3n) is 2.79. The van der Waals surface area contributed by atoms with Crippen molar-refractivity contribution >= 4 is 54.6 Å². The van der Waals surface area contributed by atoms with Gasteiger partial charge in [-0.05, 0) is 52.3 Å². The van der Waals surface area contributed by atoms with Gasteiger partial charge in [0.25, 0.3) is 10.0 Å². The molecule has 0 saturated carbocycles. The standard InChI is InChI=1S/C13H13BrN2O3S2/c1-9(17)16(2)11-5-3-10(4-6-11)15-21(18,19)13-8-7-12(14)20-13/h3-8,15H,1-2H3. The van der Waals surface area contributed by atoms with Crippen molar-refractivity contribution in [2.75, 3.05) is 16.7 Å². The molecular weight excluding hydrogens is 376 g/mol. The number of carbonyl (C=O) groups excluding carboxylic acids is 1. The van der Waals surface area contributed by atoms with Gasteiger partial charge in [0.1, 0.15) is 4.21 Å². The van der Waals surface area contributed by atoms with Gasteiger partial charge in [-0.15, -0.1) is 11.3 Å². The Kier molecular flexibility index (Phi) is 4.70. The molecule has 0 saturated heterocycles. The number of anilines is 2. The summed E-state index contributed by atoms with van der Waals surface area (Å²) in [6, 6.07) is 9.83. The van der Waals surface area contributed by atoms with Crippen LogP contribution in [0.4, 0.5) is 11.4 Å². The molecule has 8 heteroatoms. The Hall–Kier alpha value is -1.38. The molecule has 1 aromatic carbocycles. The smallest absolute Gasteiger partial charge is 0.271 e. The summed E-state index contributed by atoms with van der Waals surface area (Å²) in [4.78, 5) is 12.7. The second kappa shape index (κ2) is 6.17. The van der Waals surface area contributed by atoms with E-state index in [0.717, 1.165) is 15.1 Å². The molecule has 1 amide bonds. The summed E-state index contributed by atoms with van der Waals surface area (Å²) in [7, 11) is -1.93. The van der Waals surface area contributed by atoms with Crippen LogP contribution in [0.2, 0.25) is 0 Å². The molecule has 0 atom stereocenters. The van der Waals surface area contributed by atoms with Gasteiger partial charge in [-0.3, -0.25) is 9.52 Å². The number of thiophene rings is 1. The van der Waals surface area contributed by atoms with Crippen LogP contribution < -0.4 is 9.62 Å².